The maximum Gasteiger partial charge on any atom is 0.222 e. The third-order valence-corrected chi connectivity index (χ3v) is 2.21. The third-order valence-electron chi connectivity index (χ3n) is 2.21. The van der Waals surface area contributed by atoms with Crippen LogP contribution in [0.5, 0.6) is 0 Å². The van der Waals surface area contributed by atoms with Crippen LogP contribution < -0.4 is 5.73 Å². The van der Waals surface area contributed by atoms with E-state index in [1.807, 2.05) is 0 Å². The van der Waals surface area contributed by atoms with E-state index >= 15 is 0 Å². The van der Waals surface area contributed by atoms with Crippen LogP contribution >= 0.6 is 0 Å². The van der Waals surface area contributed by atoms with Crippen molar-refractivity contribution in [1.82, 2.24) is 4.90 Å². The highest BCUT2D eigenvalue weighted by Gasteiger charge is 2.23. The van der Waals surface area contributed by atoms with Crippen LogP contribution in [0.15, 0.2) is 0 Å². The lowest BCUT2D eigenvalue weighted by Crippen LogP contribution is -2.43. The first-order valence-electron chi connectivity index (χ1n) is 4.06. The molecule has 4 nitrogen and oxygen atoms in total. The first-order chi connectivity index (χ1) is 5.61. The summed E-state index contributed by atoms with van der Waals surface area (Å²) in [4.78, 5) is 12.6. The fourth-order valence-electron chi connectivity index (χ4n) is 1.45. The molecule has 1 aliphatic heterocycles. The maximum absolute atomic E-state index is 10.8. The van der Waals surface area contributed by atoms with Crippen LogP contribution in [0.3, 0.4) is 0 Å². The molecule has 3 N–H and O–H groups in total. The summed E-state index contributed by atoms with van der Waals surface area (Å²) in [6, 6.07) is 0. The largest absolute Gasteiger partial charge is 0.369 e. The molecule has 1 saturated heterocycles. The molecule has 0 aromatic heterocycles. The summed E-state index contributed by atoms with van der Waals surface area (Å²) < 4.78 is 0. The van der Waals surface area contributed by atoms with E-state index in [4.69, 9.17) is 11.1 Å². The first-order valence-corrected chi connectivity index (χ1v) is 4.06. The Morgan fingerprint density at radius 2 is 2.33 bits per heavy atom. The van der Waals surface area contributed by atoms with E-state index in [9.17, 15) is 4.79 Å². The maximum atomic E-state index is 10.8. The molecule has 0 aromatic rings. The van der Waals surface area contributed by atoms with Crippen LogP contribution in [-0.2, 0) is 4.79 Å². The minimum Gasteiger partial charge on any atom is -0.369 e. The Kier molecular flexibility index (Phi) is 2.68. The average molecular weight is 168 g/mol. The van der Waals surface area contributed by atoms with E-state index in [-0.39, 0.29) is 17.7 Å². The summed E-state index contributed by atoms with van der Waals surface area (Å²) in [5, 5.41) is 7.28. The number of nitrogens with zero attached hydrogens (tertiary/aromatic N) is 1. The van der Waals surface area contributed by atoms with Gasteiger partial charge in [-0.15, -0.1) is 0 Å². The van der Waals surface area contributed by atoms with Gasteiger partial charge in [0.15, 0.2) is 0 Å². The number of nitrogens with one attached hydrogen (secondary N) is 1. The zero-order chi connectivity index (χ0) is 9.14. The van der Waals surface area contributed by atoms with Crippen LogP contribution in [-0.4, -0.2) is 29.7 Å². The summed E-state index contributed by atoms with van der Waals surface area (Å²) in [6.45, 7) is 4.91. The van der Waals surface area contributed by atoms with Crippen molar-refractivity contribution in [2.45, 2.75) is 12.8 Å². The van der Waals surface area contributed by atoms with Gasteiger partial charge < -0.3 is 10.6 Å². The van der Waals surface area contributed by atoms with E-state index < -0.39 is 0 Å². The summed E-state index contributed by atoms with van der Waals surface area (Å²) in [6.07, 6.45) is 1.77. The van der Waals surface area contributed by atoms with Gasteiger partial charge in [-0.25, -0.2) is 0 Å². The lowest BCUT2D eigenvalue weighted by atomic mass is 9.97. The molecule has 1 heterocycles. The average Bonchev–Trinajstić information content (AvgIpc) is 2.04. The third kappa shape index (κ3) is 1.96. The molecule has 0 aromatic carbocycles. The molecule has 0 saturated carbocycles. The molecular weight excluding hydrogens is 154 g/mol. The van der Waals surface area contributed by atoms with E-state index in [1.165, 1.54) is 0 Å². The van der Waals surface area contributed by atoms with Crippen LogP contribution in [0.25, 0.3) is 0 Å². The van der Waals surface area contributed by atoms with E-state index in [2.05, 4.69) is 6.92 Å². The van der Waals surface area contributed by atoms with Crippen molar-refractivity contribution in [3.05, 3.63) is 6.92 Å². The zero-order valence-corrected chi connectivity index (χ0v) is 7.05. The minimum absolute atomic E-state index is 0.0964. The molecule has 0 aliphatic carbocycles. The van der Waals surface area contributed by atoms with Crippen molar-refractivity contribution in [2.24, 2.45) is 11.7 Å². The van der Waals surface area contributed by atoms with Gasteiger partial charge in [0, 0.05) is 20.0 Å². The van der Waals surface area contributed by atoms with Gasteiger partial charge in [0.25, 0.3) is 0 Å². The topological polar surface area (TPSA) is 70.2 Å². The van der Waals surface area contributed by atoms with Gasteiger partial charge in [-0.1, -0.05) is 0 Å². The van der Waals surface area contributed by atoms with Gasteiger partial charge in [-0.3, -0.25) is 10.2 Å². The number of amides is 1. The van der Waals surface area contributed by atoms with Crippen LogP contribution in [0, 0.1) is 18.3 Å². The van der Waals surface area contributed by atoms with Gasteiger partial charge in [-0.2, -0.15) is 0 Å². The van der Waals surface area contributed by atoms with Crippen molar-refractivity contribution < 1.29 is 4.79 Å². The van der Waals surface area contributed by atoms with Gasteiger partial charge in [0.1, 0.15) is 0 Å². The summed E-state index contributed by atoms with van der Waals surface area (Å²) in [7, 11) is 0. The van der Waals surface area contributed by atoms with Crippen LogP contribution in [0.1, 0.15) is 12.8 Å². The Balaban J connectivity index is 2.51. The number of hydrogen-bond acceptors (Lipinski definition) is 2. The molecule has 1 atom stereocenters. The second kappa shape index (κ2) is 3.56. The molecule has 0 bridgehead atoms. The lowest BCUT2D eigenvalue weighted by molar-refractivity contribution is -0.122. The number of nitrogens with two attached hydrogens (primary N) is 1. The quantitative estimate of drug-likeness (QED) is 0.427. The number of amidine groups is 1. The zero-order valence-electron chi connectivity index (χ0n) is 7.05. The molecule has 1 amide bonds. The van der Waals surface area contributed by atoms with Crippen LogP contribution in [0.4, 0.5) is 0 Å². The monoisotopic (exact) mass is 168 g/mol. The molecule has 1 unspecified atom stereocenters. The molecule has 1 rings (SSSR count). The predicted molar refractivity (Wildman–Crippen MR) is 46.6 cm³/mol. The van der Waals surface area contributed by atoms with Crippen molar-refractivity contribution >= 4 is 11.7 Å². The number of hydrogen-bond donors (Lipinski definition) is 2. The Morgan fingerprint density at radius 1 is 1.67 bits per heavy atom. The number of primary amides is 1. The predicted octanol–water partition coefficient (Wildman–Crippen LogP) is -0.00494. The molecular formula is C8H14N3O. The van der Waals surface area contributed by atoms with Crippen molar-refractivity contribution in [3.63, 3.8) is 0 Å². The minimum atomic E-state index is -0.263. The number of piperidine rings is 1. The molecule has 1 aliphatic rings. The van der Waals surface area contributed by atoms with Crippen molar-refractivity contribution in [1.29, 1.82) is 5.41 Å². The molecule has 0 spiro atoms. The summed E-state index contributed by atoms with van der Waals surface area (Å²) >= 11 is 0. The highest BCUT2D eigenvalue weighted by molar-refractivity contribution is 5.84. The fraction of sp³-hybridized carbons (Fsp3) is 0.625. The molecule has 12 heavy (non-hydrogen) atoms. The Bertz CT molecular complexity index is 182. The van der Waals surface area contributed by atoms with E-state index in [0.29, 0.717) is 6.54 Å². The number of rotatable bonds is 1. The Morgan fingerprint density at radius 3 is 2.83 bits per heavy atom. The summed E-state index contributed by atoms with van der Waals surface area (Å²) in [5.41, 5.74) is 5.17. The number of carbonyl (C=O) groups excluding carboxylic acids is 1. The van der Waals surface area contributed by atoms with Gasteiger partial charge in [0.2, 0.25) is 5.91 Å². The lowest BCUT2D eigenvalue weighted by Gasteiger charge is -2.31. The van der Waals surface area contributed by atoms with E-state index in [0.717, 1.165) is 19.4 Å². The Labute approximate surface area is 72.2 Å². The smallest absolute Gasteiger partial charge is 0.222 e. The van der Waals surface area contributed by atoms with Crippen LogP contribution in [0.2, 0.25) is 0 Å². The molecule has 1 radical (unpaired) electrons. The normalized spacial score (nSPS) is 23.8. The van der Waals surface area contributed by atoms with Crippen molar-refractivity contribution in [3.8, 4) is 0 Å². The molecule has 67 valence electrons. The Hall–Kier alpha value is -1.06. The summed E-state index contributed by atoms with van der Waals surface area (Å²) in [5.74, 6) is -0.0808. The highest BCUT2D eigenvalue weighted by atomic mass is 16.1. The SMILES string of the molecule is [CH2]C(=N)N1CCCC(C(N)=O)C1. The second-order valence-electron chi connectivity index (χ2n) is 3.13. The van der Waals surface area contributed by atoms with Gasteiger partial charge in [0.05, 0.1) is 11.8 Å². The first kappa shape index (κ1) is 9.03. The highest BCUT2D eigenvalue weighted by Crippen LogP contribution is 2.15. The fourth-order valence-corrected chi connectivity index (χ4v) is 1.45. The second-order valence-corrected chi connectivity index (χ2v) is 3.13. The van der Waals surface area contributed by atoms with Crippen molar-refractivity contribution in [2.75, 3.05) is 13.1 Å². The van der Waals surface area contributed by atoms with Gasteiger partial charge >= 0.3 is 0 Å². The van der Waals surface area contributed by atoms with E-state index in [1.54, 1.807) is 4.90 Å². The number of carbonyl (C=O) groups is 1. The van der Waals surface area contributed by atoms with Gasteiger partial charge in [-0.05, 0) is 12.8 Å². The molecule has 4 heteroatoms. The number of likely N-dealkylation sites (tertiary alicyclic amines) is 1. The molecule has 1 fully saturated rings. The standard InChI is InChI=1S/C8H14N3O/c1-6(9)11-4-2-3-7(5-11)8(10)12/h7,9H,1-5H2,(H2,10,12).